The largest absolute Gasteiger partial charge is 0.335 e. The molecule has 0 radical (unpaired) electrons. The average Bonchev–Trinajstić information content (AvgIpc) is 3.03. The predicted molar refractivity (Wildman–Crippen MR) is 133 cm³/mol. The molecule has 1 aliphatic heterocycles. The Morgan fingerprint density at radius 2 is 1.61 bits per heavy atom. The predicted octanol–water partition coefficient (Wildman–Crippen LogP) is 5.79. The summed E-state index contributed by atoms with van der Waals surface area (Å²) < 4.78 is 3.07. The Labute approximate surface area is 205 Å². The van der Waals surface area contributed by atoms with E-state index in [0.717, 1.165) is 37.6 Å². The normalized spacial score (nSPS) is 15.4. The average molecular weight is 527 g/mol. The van der Waals surface area contributed by atoms with Crippen molar-refractivity contribution in [2.24, 2.45) is 0 Å². The van der Waals surface area contributed by atoms with Crippen LogP contribution in [0.1, 0.15) is 28.1 Å². The number of urea groups is 1. The van der Waals surface area contributed by atoms with Crippen molar-refractivity contribution in [1.82, 2.24) is 9.88 Å². The molecule has 4 amide bonds. The lowest BCUT2D eigenvalue weighted by Gasteiger charge is -2.26. The van der Waals surface area contributed by atoms with Gasteiger partial charge in [0.05, 0.1) is 5.69 Å². The molecule has 168 valence electrons. The zero-order valence-corrected chi connectivity index (χ0v) is 20.8. The van der Waals surface area contributed by atoms with Crippen LogP contribution in [0, 0.1) is 27.7 Å². The highest BCUT2D eigenvalue weighted by molar-refractivity contribution is 9.10. The summed E-state index contributed by atoms with van der Waals surface area (Å²) >= 11 is 9.71. The van der Waals surface area contributed by atoms with Gasteiger partial charge in [0.15, 0.2) is 0 Å². The second-order valence-corrected chi connectivity index (χ2v) is 9.25. The van der Waals surface area contributed by atoms with Crippen molar-refractivity contribution in [1.29, 1.82) is 0 Å². The summed E-state index contributed by atoms with van der Waals surface area (Å²) in [5.74, 6) is -1.43. The van der Waals surface area contributed by atoms with E-state index in [1.807, 2.05) is 45.9 Å². The van der Waals surface area contributed by atoms with Crippen LogP contribution in [0.5, 0.6) is 0 Å². The first-order chi connectivity index (χ1) is 15.6. The number of aromatic nitrogens is 1. The number of imide groups is 2. The molecule has 6 nitrogen and oxygen atoms in total. The molecule has 2 aromatic carbocycles. The number of carbonyl (C=O) groups is 3. The lowest BCUT2D eigenvalue weighted by atomic mass is 10.1. The van der Waals surface area contributed by atoms with Crippen molar-refractivity contribution in [3.05, 3.63) is 85.6 Å². The van der Waals surface area contributed by atoms with Crippen LogP contribution in [0.2, 0.25) is 5.02 Å². The SMILES string of the molecule is Cc1ccc(N2C(=O)NC(=O)/C(=C/c3cc(C)n(-c4ccc(Br)c(C)c4)c3C)C2=O)cc1Cl. The summed E-state index contributed by atoms with van der Waals surface area (Å²) in [4.78, 5) is 39.2. The molecule has 4 rings (SSSR count). The van der Waals surface area contributed by atoms with Crippen LogP contribution in [0.25, 0.3) is 11.8 Å². The van der Waals surface area contributed by atoms with Crippen LogP contribution in [0.15, 0.2) is 52.5 Å². The van der Waals surface area contributed by atoms with Gasteiger partial charge in [0.1, 0.15) is 5.57 Å². The summed E-state index contributed by atoms with van der Waals surface area (Å²) in [6.45, 7) is 7.71. The molecule has 1 saturated heterocycles. The van der Waals surface area contributed by atoms with E-state index in [2.05, 4.69) is 31.9 Å². The smallest absolute Gasteiger partial charge is 0.318 e. The summed E-state index contributed by atoms with van der Waals surface area (Å²) in [5, 5.41) is 2.67. The number of nitrogens with zero attached hydrogens (tertiary/aromatic N) is 2. The lowest BCUT2D eigenvalue weighted by molar-refractivity contribution is -0.122. The number of carbonyl (C=O) groups excluding carboxylic acids is 3. The number of barbiturate groups is 1. The maximum absolute atomic E-state index is 13.2. The van der Waals surface area contributed by atoms with Gasteiger partial charge >= 0.3 is 6.03 Å². The third-order valence-electron chi connectivity index (χ3n) is 5.69. The van der Waals surface area contributed by atoms with E-state index in [-0.39, 0.29) is 5.57 Å². The lowest BCUT2D eigenvalue weighted by Crippen LogP contribution is -2.54. The molecule has 1 N–H and O–H groups in total. The van der Waals surface area contributed by atoms with Crippen LogP contribution in [-0.4, -0.2) is 22.4 Å². The molecule has 1 aromatic heterocycles. The first-order valence-corrected chi connectivity index (χ1v) is 11.4. The van der Waals surface area contributed by atoms with E-state index in [4.69, 9.17) is 11.6 Å². The third kappa shape index (κ3) is 4.14. The molecule has 33 heavy (non-hydrogen) atoms. The van der Waals surface area contributed by atoms with Crippen LogP contribution >= 0.6 is 27.5 Å². The van der Waals surface area contributed by atoms with Crippen molar-refractivity contribution in [3.63, 3.8) is 0 Å². The first-order valence-electron chi connectivity index (χ1n) is 10.2. The molecule has 3 aromatic rings. The van der Waals surface area contributed by atoms with Gasteiger partial charge in [-0.25, -0.2) is 9.69 Å². The molecule has 0 bridgehead atoms. The fourth-order valence-electron chi connectivity index (χ4n) is 3.87. The molecule has 0 atom stereocenters. The van der Waals surface area contributed by atoms with Gasteiger partial charge in [-0.15, -0.1) is 0 Å². The van der Waals surface area contributed by atoms with Crippen molar-refractivity contribution >= 4 is 57.1 Å². The van der Waals surface area contributed by atoms with Gasteiger partial charge < -0.3 is 4.57 Å². The highest BCUT2D eigenvalue weighted by atomic mass is 79.9. The van der Waals surface area contributed by atoms with Crippen molar-refractivity contribution in [2.45, 2.75) is 27.7 Å². The Balaban J connectivity index is 1.77. The Bertz CT molecular complexity index is 1370. The number of anilines is 1. The van der Waals surface area contributed by atoms with Crippen LogP contribution < -0.4 is 10.2 Å². The van der Waals surface area contributed by atoms with Crippen molar-refractivity contribution in [2.75, 3.05) is 4.90 Å². The van der Waals surface area contributed by atoms with E-state index in [9.17, 15) is 14.4 Å². The minimum absolute atomic E-state index is 0.126. The number of rotatable bonds is 3. The molecule has 1 fully saturated rings. The zero-order chi connectivity index (χ0) is 24.0. The van der Waals surface area contributed by atoms with E-state index in [0.29, 0.717) is 16.3 Å². The van der Waals surface area contributed by atoms with E-state index < -0.39 is 17.8 Å². The van der Waals surface area contributed by atoms with Crippen LogP contribution in [0.3, 0.4) is 0 Å². The molecule has 1 aliphatic rings. The van der Waals surface area contributed by atoms with Crippen LogP contribution in [-0.2, 0) is 9.59 Å². The topological polar surface area (TPSA) is 71.4 Å². The third-order valence-corrected chi connectivity index (χ3v) is 6.98. The van der Waals surface area contributed by atoms with Crippen LogP contribution in [0.4, 0.5) is 10.5 Å². The number of nitrogens with one attached hydrogen (secondary N) is 1. The van der Waals surface area contributed by atoms with Crippen molar-refractivity contribution < 1.29 is 14.4 Å². The minimum Gasteiger partial charge on any atom is -0.318 e. The van der Waals surface area contributed by atoms with Gasteiger partial charge in [-0.2, -0.15) is 0 Å². The maximum Gasteiger partial charge on any atom is 0.335 e. The van der Waals surface area contributed by atoms with E-state index in [1.165, 1.54) is 12.1 Å². The van der Waals surface area contributed by atoms with Gasteiger partial charge in [0.2, 0.25) is 0 Å². The molecular formula is C25H21BrClN3O3. The molecule has 0 spiro atoms. The maximum atomic E-state index is 13.2. The number of benzene rings is 2. The first kappa shape index (κ1) is 23.0. The minimum atomic E-state index is -0.808. The van der Waals surface area contributed by atoms with Gasteiger partial charge in [-0.05, 0) is 86.9 Å². The fraction of sp³-hybridized carbons (Fsp3) is 0.160. The summed E-state index contributed by atoms with van der Waals surface area (Å²) in [5.41, 5.74) is 5.57. The number of amides is 4. The number of aryl methyl sites for hydroxylation is 3. The number of hydrogen-bond acceptors (Lipinski definition) is 3. The molecule has 2 heterocycles. The summed E-state index contributed by atoms with van der Waals surface area (Å²) in [7, 11) is 0. The summed E-state index contributed by atoms with van der Waals surface area (Å²) in [6, 6.07) is 12.0. The second-order valence-electron chi connectivity index (χ2n) is 7.99. The Hall–Kier alpha value is -3.16. The quantitative estimate of drug-likeness (QED) is 0.347. The van der Waals surface area contributed by atoms with Gasteiger partial charge in [-0.1, -0.05) is 33.6 Å². The van der Waals surface area contributed by atoms with Gasteiger partial charge in [-0.3, -0.25) is 14.9 Å². The van der Waals surface area contributed by atoms with E-state index >= 15 is 0 Å². The van der Waals surface area contributed by atoms with Gasteiger partial charge in [0.25, 0.3) is 11.8 Å². The molecule has 0 saturated carbocycles. The highest BCUT2D eigenvalue weighted by Crippen LogP contribution is 2.29. The molecule has 8 heteroatoms. The number of halogens is 2. The second kappa shape index (κ2) is 8.65. The molecule has 0 unspecified atom stereocenters. The monoisotopic (exact) mass is 525 g/mol. The van der Waals surface area contributed by atoms with Crippen molar-refractivity contribution in [3.8, 4) is 5.69 Å². The molecular weight excluding hydrogens is 506 g/mol. The Morgan fingerprint density at radius 1 is 0.909 bits per heavy atom. The zero-order valence-electron chi connectivity index (χ0n) is 18.5. The molecule has 0 aliphatic carbocycles. The van der Waals surface area contributed by atoms with Gasteiger partial charge in [0, 0.05) is 26.6 Å². The highest BCUT2D eigenvalue weighted by Gasteiger charge is 2.37. The Kier molecular flexibility index (Phi) is 6.03. The standard InChI is InChI=1S/C25H21BrClN3O3/c1-13-5-6-19(12-22(13)27)30-24(32)20(23(31)28-25(30)33)11-17-10-15(3)29(16(17)4)18-7-8-21(26)14(2)9-18/h5-12H,1-4H3,(H,28,31,33)/b20-11-. The Morgan fingerprint density at radius 3 is 2.27 bits per heavy atom. The number of hydrogen-bond donors (Lipinski definition) is 1. The summed E-state index contributed by atoms with van der Waals surface area (Å²) in [6.07, 6.45) is 1.53. The fourth-order valence-corrected chi connectivity index (χ4v) is 4.29. The van der Waals surface area contributed by atoms with E-state index in [1.54, 1.807) is 12.1 Å².